The van der Waals surface area contributed by atoms with E-state index in [1.165, 1.54) is 11.8 Å². The van der Waals surface area contributed by atoms with Crippen molar-refractivity contribution < 1.29 is 0 Å². The van der Waals surface area contributed by atoms with E-state index in [1.807, 2.05) is 71.3 Å². The topological polar surface area (TPSA) is 80.3 Å². The Kier molecular flexibility index (Phi) is 4.41. The lowest BCUT2D eigenvalue weighted by Crippen LogP contribution is -1.99. The lowest BCUT2D eigenvalue weighted by Gasteiger charge is -2.09. The van der Waals surface area contributed by atoms with Gasteiger partial charge in [0, 0.05) is 11.3 Å². The van der Waals surface area contributed by atoms with Crippen LogP contribution in [0.1, 0.15) is 5.69 Å². The number of nitrogens with zero attached hydrogens (tertiary/aromatic N) is 6. The molecule has 0 saturated heterocycles. The molecule has 0 aliphatic carbocycles. The van der Waals surface area contributed by atoms with Gasteiger partial charge in [0.15, 0.2) is 11.5 Å². The summed E-state index contributed by atoms with van der Waals surface area (Å²) in [4.78, 5) is 0. The van der Waals surface area contributed by atoms with Gasteiger partial charge in [-0.15, -0.1) is 20.4 Å². The van der Waals surface area contributed by atoms with Crippen molar-refractivity contribution in [2.24, 2.45) is 0 Å². The zero-order chi connectivity index (χ0) is 17.8. The first-order chi connectivity index (χ1) is 12.8. The lowest BCUT2D eigenvalue weighted by atomic mass is 10.2. The zero-order valence-electron chi connectivity index (χ0n) is 13.5. The van der Waals surface area contributed by atoms with Gasteiger partial charge in [-0.2, -0.15) is 5.26 Å². The Morgan fingerprint density at radius 3 is 2.15 bits per heavy atom. The highest BCUT2D eigenvalue weighted by molar-refractivity contribution is 7.99. The second-order valence-corrected chi connectivity index (χ2v) is 6.30. The van der Waals surface area contributed by atoms with Crippen LogP contribution in [0.15, 0.2) is 83.0 Å². The largest absolute Gasteiger partial charge is 0.270 e. The van der Waals surface area contributed by atoms with Crippen molar-refractivity contribution in [3.8, 4) is 23.1 Å². The molecule has 0 fully saturated rings. The van der Waals surface area contributed by atoms with Crippen molar-refractivity contribution in [1.29, 1.82) is 5.26 Å². The van der Waals surface area contributed by atoms with Gasteiger partial charge < -0.3 is 0 Å². The van der Waals surface area contributed by atoms with Gasteiger partial charge in [0.2, 0.25) is 5.16 Å². The summed E-state index contributed by atoms with van der Waals surface area (Å²) in [5.41, 5.74) is 2.21. The standard InChI is InChI=1S/C19H12N6S/c20-13-15-11-12-17(22-21-15)26-19-24-23-18(14-7-3-1-4-8-14)25(19)16-9-5-2-6-10-16/h1-12H. The average molecular weight is 356 g/mol. The van der Waals surface area contributed by atoms with Crippen LogP contribution in [0.2, 0.25) is 0 Å². The second kappa shape index (κ2) is 7.17. The molecule has 0 spiro atoms. The summed E-state index contributed by atoms with van der Waals surface area (Å²) in [6.45, 7) is 0. The Labute approximate surface area is 154 Å². The van der Waals surface area contributed by atoms with Crippen LogP contribution < -0.4 is 0 Å². The maximum atomic E-state index is 8.85. The molecule has 0 bridgehead atoms. The molecule has 0 unspecified atom stereocenters. The Hall–Kier alpha value is -3.50. The Bertz CT molecular complexity index is 1050. The fourth-order valence-corrected chi connectivity index (χ4v) is 3.22. The molecule has 0 radical (unpaired) electrons. The van der Waals surface area contributed by atoms with Gasteiger partial charge in [-0.25, -0.2) is 0 Å². The highest BCUT2D eigenvalue weighted by atomic mass is 32.2. The highest BCUT2D eigenvalue weighted by Gasteiger charge is 2.17. The van der Waals surface area contributed by atoms with Crippen LogP contribution in [-0.4, -0.2) is 25.0 Å². The maximum absolute atomic E-state index is 8.85. The molecule has 0 aliphatic heterocycles. The molecular formula is C19H12N6S. The Morgan fingerprint density at radius 2 is 1.50 bits per heavy atom. The van der Waals surface area contributed by atoms with Gasteiger partial charge >= 0.3 is 0 Å². The monoisotopic (exact) mass is 356 g/mol. The summed E-state index contributed by atoms with van der Waals surface area (Å²) in [5.74, 6) is 0.751. The summed E-state index contributed by atoms with van der Waals surface area (Å²) < 4.78 is 1.99. The molecule has 0 amide bonds. The third-order valence-electron chi connectivity index (χ3n) is 3.63. The first-order valence-electron chi connectivity index (χ1n) is 7.83. The van der Waals surface area contributed by atoms with Crippen LogP contribution in [0.25, 0.3) is 17.1 Å². The van der Waals surface area contributed by atoms with Gasteiger partial charge in [-0.1, -0.05) is 48.5 Å². The van der Waals surface area contributed by atoms with Gasteiger partial charge in [0.1, 0.15) is 11.1 Å². The first-order valence-corrected chi connectivity index (χ1v) is 8.65. The number of aromatic nitrogens is 5. The van der Waals surface area contributed by atoms with E-state index in [0.717, 1.165) is 17.1 Å². The second-order valence-electron chi connectivity index (χ2n) is 5.31. The summed E-state index contributed by atoms with van der Waals surface area (Å²) >= 11 is 1.35. The molecule has 2 aromatic carbocycles. The molecule has 6 nitrogen and oxygen atoms in total. The van der Waals surface area contributed by atoms with Gasteiger partial charge in [-0.05, 0) is 36.0 Å². The predicted octanol–water partition coefficient (Wildman–Crippen LogP) is 3.75. The predicted molar refractivity (Wildman–Crippen MR) is 97.7 cm³/mol. The minimum atomic E-state index is 0.281. The van der Waals surface area contributed by atoms with Crippen LogP contribution in [-0.2, 0) is 0 Å². The number of hydrogen-bond acceptors (Lipinski definition) is 6. The molecule has 4 aromatic rings. The van der Waals surface area contributed by atoms with Crippen molar-refractivity contribution >= 4 is 11.8 Å². The Balaban J connectivity index is 1.79. The van der Waals surface area contributed by atoms with E-state index in [1.54, 1.807) is 12.1 Å². The molecule has 7 heteroatoms. The Morgan fingerprint density at radius 1 is 0.769 bits per heavy atom. The van der Waals surface area contributed by atoms with Crippen LogP contribution in [0, 0.1) is 11.3 Å². The van der Waals surface area contributed by atoms with Crippen molar-refractivity contribution in [3.63, 3.8) is 0 Å². The van der Waals surface area contributed by atoms with Crippen molar-refractivity contribution in [2.75, 3.05) is 0 Å². The van der Waals surface area contributed by atoms with E-state index < -0.39 is 0 Å². The summed E-state index contributed by atoms with van der Waals surface area (Å²) in [7, 11) is 0. The van der Waals surface area contributed by atoms with Crippen molar-refractivity contribution in [3.05, 3.63) is 78.5 Å². The highest BCUT2D eigenvalue weighted by Crippen LogP contribution is 2.31. The number of nitriles is 1. The average Bonchev–Trinajstić information content (AvgIpc) is 3.13. The van der Waals surface area contributed by atoms with Crippen LogP contribution in [0.4, 0.5) is 0 Å². The molecule has 0 N–H and O–H groups in total. The van der Waals surface area contributed by atoms with Crippen molar-refractivity contribution in [1.82, 2.24) is 25.0 Å². The van der Waals surface area contributed by atoms with Crippen LogP contribution >= 0.6 is 11.8 Å². The fraction of sp³-hybridized carbons (Fsp3) is 0. The normalized spacial score (nSPS) is 10.4. The molecule has 4 rings (SSSR count). The molecule has 0 atom stereocenters. The van der Waals surface area contributed by atoms with Crippen LogP contribution in [0.3, 0.4) is 0 Å². The van der Waals surface area contributed by atoms with E-state index >= 15 is 0 Å². The number of hydrogen-bond donors (Lipinski definition) is 0. The third kappa shape index (κ3) is 3.18. The van der Waals surface area contributed by atoms with Gasteiger partial charge in [0.05, 0.1) is 0 Å². The van der Waals surface area contributed by atoms with E-state index in [0.29, 0.717) is 10.2 Å². The zero-order valence-corrected chi connectivity index (χ0v) is 14.3. The minimum Gasteiger partial charge on any atom is -0.270 e. The van der Waals surface area contributed by atoms with Crippen LogP contribution in [0.5, 0.6) is 0 Å². The molecule has 2 heterocycles. The quantitative estimate of drug-likeness (QED) is 0.554. The summed E-state index contributed by atoms with van der Waals surface area (Å²) in [6.07, 6.45) is 0. The number of rotatable bonds is 4. The van der Waals surface area contributed by atoms with E-state index in [9.17, 15) is 0 Å². The summed E-state index contributed by atoms with van der Waals surface area (Å²) in [5, 5.41) is 26.9. The van der Waals surface area contributed by atoms with E-state index in [2.05, 4.69) is 20.4 Å². The third-order valence-corrected chi connectivity index (χ3v) is 4.50. The molecule has 124 valence electrons. The number of para-hydroxylation sites is 1. The van der Waals surface area contributed by atoms with Crippen molar-refractivity contribution in [2.45, 2.75) is 10.2 Å². The molecule has 0 saturated carbocycles. The van der Waals surface area contributed by atoms with Gasteiger partial charge in [0.25, 0.3) is 0 Å². The molecular weight excluding hydrogens is 344 g/mol. The molecule has 0 aliphatic rings. The molecule has 2 aromatic heterocycles. The smallest absolute Gasteiger partial charge is 0.202 e. The van der Waals surface area contributed by atoms with Gasteiger partial charge in [-0.3, -0.25) is 4.57 Å². The van der Waals surface area contributed by atoms with E-state index in [-0.39, 0.29) is 5.69 Å². The summed E-state index contributed by atoms with van der Waals surface area (Å²) in [6, 6.07) is 25.2. The SMILES string of the molecule is N#Cc1ccc(Sc2nnc(-c3ccccc3)n2-c2ccccc2)nn1. The maximum Gasteiger partial charge on any atom is 0.202 e. The minimum absolute atomic E-state index is 0.281. The van der Waals surface area contributed by atoms with E-state index in [4.69, 9.17) is 5.26 Å². The first kappa shape index (κ1) is 16.0. The lowest BCUT2D eigenvalue weighted by molar-refractivity contribution is 0.868. The fourth-order valence-electron chi connectivity index (χ4n) is 2.45. The number of benzene rings is 2. The molecule has 26 heavy (non-hydrogen) atoms.